The fraction of sp³-hybridized carbons (Fsp3) is 0.340. The van der Waals surface area contributed by atoms with E-state index in [9.17, 15) is 0 Å². The van der Waals surface area contributed by atoms with Gasteiger partial charge < -0.3 is 24.8 Å². The van der Waals surface area contributed by atoms with Crippen LogP contribution in [-0.2, 0) is 30.7 Å². The van der Waals surface area contributed by atoms with E-state index in [1.165, 1.54) is 62.5 Å². The third-order valence-corrected chi connectivity index (χ3v) is 14.9. The van der Waals surface area contributed by atoms with Gasteiger partial charge in [0.15, 0.2) is 0 Å². The molecule has 4 aliphatic carbocycles. The van der Waals surface area contributed by atoms with Gasteiger partial charge in [0, 0.05) is 0 Å². The molecule has 0 spiro atoms. The summed E-state index contributed by atoms with van der Waals surface area (Å²) in [7, 11) is 0. The smallest absolute Gasteiger partial charge is 0.172 e. The molecule has 260 valence electrons. The van der Waals surface area contributed by atoms with Gasteiger partial charge >= 0.3 is 99.2 Å². The van der Waals surface area contributed by atoms with Crippen molar-refractivity contribution < 1.29 is 49.0 Å². The minimum atomic E-state index is 0. The van der Waals surface area contributed by atoms with Crippen molar-refractivity contribution in [2.75, 3.05) is 0 Å². The zero-order chi connectivity index (χ0) is 34.3. The molecule has 0 N–H and O–H groups in total. The second-order valence-electron chi connectivity index (χ2n) is 15.8. The molecule has 4 aliphatic rings. The average Bonchev–Trinajstić information content (AvgIpc) is 3.81. The summed E-state index contributed by atoms with van der Waals surface area (Å²) in [5.74, 6) is 2.24. The molecule has 0 bridgehead atoms. The Labute approximate surface area is 330 Å². The van der Waals surface area contributed by atoms with Gasteiger partial charge in [-0.2, -0.15) is 29.3 Å². The van der Waals surface area contributed by atoms with Gasteiger partial charge in [0.05, 0.1) is 0 Å². The van der Waals surface area contributed by atoms with E-state index in [-0.39, 0.29) is 46.5 Å². The van der Waals surface area contributed by atoms with E-state index in [1.54, 1.807) is 28.2 Å². The van der Waals surface area contributed by atoms with Gasteiger partial charge in [-0.05, 0) is 40.6 Å². The molecule has 3 heteroatoms. The topological polar surface area (TPSA) is 0 Å². The minimum Gasteiger partial charge on any atom is -0.214 e. The molecule has 4 aromatic carbocycles. The zero-order valence-electron chi connectivity index (χ0n) is 31.1. The number of halogens is 2. The summed E-state index contributed by atoms with van der Waals surface area (Å²) in [5.41, 5.74) is 13.0. The largest absolute Gasteiger partial charge is 0.214 e. The van der Waals surface area contributed by atoms with Crippen molar-refractivity contribution in [2.24, 2.45) is 27.6 Å². The van der Waals surface area contributed by atoms with E-state index in [2.05, 4.69) is 152 Å². The molecule has 0 aliphatic heterocycles. The Morgan fingerprint density at radius 1 is 0.720 bits per heavy atom. The van der Waals surface area contributed by atoms with E-state index < -0.39 is 0 Å². The van der Waals surface area contributed by atoms with Crippen molar-refractivity contribution in [1.29, 1.82) is 0 Å². The fourth-order valence-electron chi connectivity index (χ4n) is 9.27. The van der Waals surface area contributed by atoms with Crippen molar-refractivity contribution in [1.82, 2.24) is 0 Å². The first kappa shape index (κ1) is 40.2. The van der Waals surface area contributed by atoms with Gasteiger partial charge in [-0.25, -0.2) is 18.1 Å². The van der Waals surface area contributed by atoms with Crippen LogP contribution in [0.2, 0.25) is 0 Å². The average molecular weight is 779 g/mol. The van der Waals surface area contributed by atoms with Crippen LogP contribution in [-0.4, -0.2) is 3.21 Å². The van der Waals surface area contributed by atoms with E-state index in [4.69, 9.17) is 0 Å². The molecule has 0 aromatic heterocycles. The number of allylic oxidation sites excluding steroid dienone is 6. The van der Waals surface area contributed by atoms with Crippen LogP contribution in [0.15, 0.2) is 144 Å². The van der Waals surface area contributed by atoms with Gasteiger partial charge in [-0.1, -0.05) is 113 Å². The Morgan fingerprint density at radius 3 is 1.80 bits per heavy atom. The summed E-state index contributed by atoms with van der Waals surface area (Å²) in [5, 5.41) is 0. The van der Waals surface area contributed by atoms with E-state index in [0.717, 1.165) is 6.42 Å². The monoisotopic (exact) mass is 776 g/mol. The minimum absolute atomic E-state index is 0. The van der Waals surface area contributed by atoms with Gasteiger partial charge in [0.25, 0.3) is 0 Å². The molecule has 2 unspecified atom stereocenters. The molecule has 0 amide bonds. The zero-order valence-corrected chi connectivity index (χ0v) is 35.0. The first-order valence-corrected chi connectivity index (χ1v) is 19.0. The third-order valence-electron chi connectivity index (χ3n) is 13.5. The second-order valence-corrected chi connectivity index (χ2v) is 17.1. The molecule has 50 heavy (non-hydrogen) atoms. The summed E-state index contributed by atoms with van der Waals surface area (Å²) < 4.78 is 1.42. The van der Waals surface area contributed by atoms with Gasteiger partial charge in [-0.15, -0.1) is 6.92 Å². The molecule has 1 saturated carbocycles. The van der Waals surface area contributed by atoms with Gasteiger partial charge in [0.1, 0.15) is 0 Å². The Balaban J connectivity index is 0.000000223. The molecule has 2 atom stereocenters. The molecule has 4 aromatic rings. The molecule has 8 rings (SSSR count). The fourth-order valence-corrected chi connectivity index (χ4v) is 10.1. The van der Waals surface area contributed by atoms with E-state index in [0.29, 0.717) is 5.92 Å². The summed E-state index contributed by atoms with van der Waals surface area (Å²) in [6, 6.07) is 40.3. The summed E-state index contributed by atoms with van der Waals surface area (Å²) in [6.07, 6.45) is 8.50. The summed E-state index contributed by atoms with van der Waals surface area (Å²) in [4.78, 5) is 0. The van der Waals surface area contributed by atoms with Crippen molar-refractivity contribution in [3.8, 4) is 0 Å². The van der Waals surface area contributed by atoms with E-state index >= 15 is 0 Å². The summed E-state index contributed by atoms with van der Waals surface area (Å²) >= 11 is 1.46. The second kappa shape index (κ2) is 15.6. The van der Waals surface area contributed by atoms with Crippen LogP contribution >= 0.6 is 0 Å². The molecule has 0 nitrogen and oxygen atoms in total. The molecule has 1 fully saturated rings. The van der Waals surface area contributed by atoms with Gasteiger partial charge in [0.2, 0.25) is 0 Å². The van der Waals surface area contributed by atoms with Crippen LogP contribution in [0.1, 0.15) is 90.5 Å². The SMILES string of the molecule is C[C-]1C2=C3Cc4ccccc4C3=C3C=CCCC3C2(C)C(C)(C)C(C)(C)C1(C)C.[Cl-].[Cl-].[Zr+2]=[C](c1ccccc1)c1ccccc1.c1cc[cH-]c1. The van der Waals surface area contributed by atoms with Crippen molar-refractivity contribution >= 4 is 8.78 Å². The van der Waals surface area contributed by atoms with Crippen LogP contribution < -0.4 is 24.8 Å². The Morgan fingerprint density at radius 2 is 1.26 bits per heavy atom. The molecule has 0 radical (unpaired) electrons. The van der Waals surface area contributed by atoms with Crippen molar-refractivity contribution in [3.63, 3.8) is 0 Å². The first-order valence-electron chi connectivity index (χ1n) is 17.8. The Bertz CT molecular complexity index is 1800. The predicted octanol–water partition coefficient (Wildman–Crippen LogP) is 6.18. The number of rotatable bonds is 2. The number of hydrogen-bond acceptors (Lipinski definition) is 0. The predicted molar refractivity (Wildman–Crippen MR) is 202 cm³/mol. The van der Waals surface area contributed by atoms with E-state index in [1.807, 2.05) is 30.3 Å². The Kier molecular flexibility index (Phi) is 12.5. The van der Waals surface area contributed by atoms with Crippen LogP contribution in [0, 0.1) is 33.5 Å². The van der Waals surface area contributed by atoms with Gasteiger partial charge in [-0.3, -0.25) is 0 Å². The first-order chi connectivity index (χ1) is 22.9. The maximum Gasteiger partial charge on any atom is -0.172 e. The number of fused-ring (bicyclic) bond motifs is 6. The molecule has 0 saturated heterocycles. The summed E-state index contributed by atoms with van der Waals surface area (Å²) in [6.45, 7) is 20.3. The van der Waals surface area contributed by atoms with Crippen molar-refractivity contribution in [2.45, 2.75) is 74.7 Å². The maximum atomic E-state index is 2.62. The Hall–Kier alpha value is -2.57. The molecular formula is C47H52Cl2Zr-2. The maximum absolute atomic E-state index is 2.62. The van der Waals surface area contributed by atoms with Crippen LogP contribution in [0.3, 0.4) is 0 Å². The van der Waals surface area contributed by atoms with Crippen molar-refractivity contribution in [3.05, 3.63) is 172 Å². The molecular weight excluding hydrogens is 727 g/mol. The number of benzene rings is 3. The quantitative estimate of drug-likeness (QED) is 0.214. The van der Waals surface area contributed by atoms with Crippen LogP contribution in [0.4, 0.5) is 0 Å². The normalized spacial score (nSPS) is 22.8. The van der Waals surface area contributed by atoms with Crippen LogP contribution in [0.5, 0.6) is 0 Å². The van der Waals surface area contributed by atoms with Crippen LogP contribution in [0.25, 0.3) is 5.57 Å². The standard InChI is InChI=1S/C29H37.C13H10.C5H5.2ClH.Zr/c1-18-25-22-17-19-13-9-10-14-20(19)24(22)21-15-11-12-16-23(21)29(25,8)28(6,7)27(4,5)26(18,2)3;1-3-7-12(8-4-1)11-13-9-5-2-6-10-13;1-2-4-5-3-1;;;/h9-11,13-15,23H,12,16-17H2,1-8H3;1-10H;1-5H;2*1H;/q-1;;-1;;;+2/p-2. The molecule has 0 heterocycles. The third kappa shape index (κ3) is 6.50. The number of hydrogen-bond donors (Lipinski definition) is 0.